The van der Waals surface area contributed by atoms with Crippen molar-refractivity contribution in [2.24, 2.45) is 5.73 Å². The fraction of sp³-hybridized carbons (Fsp3) is 0.312. The number of aryl methyl sites for hydroxylation is 1. The molecule has 20 heavy (non-hydrogen) atoms. The molecule has 0 atom stereocenters. The number of aromatic nitrogens is 1. The summed E-state index contributed by atoms with van der Waals surface area (Å²) < 4.78 is 6.80. The average Bonchev–Trinajstić information content (AvgIpc) is 2.41. The third kappa shape index (κ3) is 3.58. The van der Waals surface area contributed by atoms with Gasteiger partial charge >= 0.3 is 0 Å². The molecule has 1 aromatic heterocycles. The van der Waals surface area contributed by atoms with Crippen LogP contribution in [0.15, 0.2) is 34.8 Å². The van der Waals surface area contributed by atoms with Gasteiger partial charge < -0.3 is 10.5 Å². The van der Waals surface area contributed by atoms with Crippen molar-refractivity contribution in [3.8, 4) is 11.6 Å². The van der Waals surface area contributed by atoms with Gasteiger partial charge in [0.1, 0.15) is 5.75 Å². The maximum atomic E-state index is 5.88. The highest BCUT2D eigenvalue weighted by molar-refractivity contribution is 9.10. The summed E-state index contributed by atoms with van der Waals surface area (Å²) in [6.45, 7) is 6.73. The van der Waals surface area contributed by atoms with Crippen molar-refractivity contribution in [2.75, 3.05) is 0 Å². The summed E-state index contributed by atoms with van der Waals surface area (Å²) in [7, 11) is 0. The van der Waals surface area contributed by atoms with Crippen molar-refractivity contribution in [2.45, 2.75) is 33.2 Å². The van der Waals surface area contributed by atoms with Crippen LogP contribution in [-0.4, -0.2) is 4.98 Å². The molecule has 2 N–H and O–H groups in total. The maximum absolute atomic E-state index is 5.88. The van der Waals surface area contributed by atoms with E-state index < -0.39 is 0 Å². The van der Waals surface area contributed by atoms with E-state index in [4.69, 9.17) is 10.5 Å². The molecule has 106 valence electrons. The van der Waals surface area contributed by atoms with Gasteiger partial charge in [0.25, 0.3) is 0 Å². The zero-order valence-corrected chi connectivity index (χ0v) is 13.6. The summed E-state index contributed by atoms with van der Waals surface area (Å²) in [4.78, 5) is 4.54. The fourth-order valence-electron chi connectivity index (χ4n) is 1.85. The molecule has 0 amide bonds. The van der Waals surface area contributed by atoms with Crippen molar-refractivity contribution < 1.29 is 4.74 Å². The highest BCUT2D eigenvalue weighted by Crippen LogP contribution is 2.30. The first-order valence-electron chi connectivity index (χ1n) is 6.64. The predicted molar refractivity (Wildman–Crippen MR) is 85.2 cm³/mol. The molecule has 0 bridgehead atoms. The molecule has 3 nitrogen and oxygen atoms in total. The lowest BCUT2D eigenvalue weighted by Gasteiger charge is -2.12. The van der Waals surface area contributed by atoms with Crippen LogP contribution >= 0.6 is 15.9 Å². The number of nitrogens with two attached hydrogens (primary N) is 1. The summed E-state index contributed by atoms with van der Waals surface area (Å²) in [5.74, 6) is 1.68. The van der Waals surface area contributed by atoms with Crippen molar-refractivity contribution in [3.63, 3.8) is 0 Å². The first kappa shape index (κ1) is 15.0. The molecular formula is C16H19BrN2O. The molecule has 0 spiro atoms. The van der Waals surface area contributed by atoms with Crippen LogP contribution in [0.25, 0.3) is 0 Å². The van der Waals surface area contributed by atoms with E-state index in [-0.39, 0.29) is 0 Å². The molecule has 2 rings (SSSR count). The third-order valence-electron chi connectivity index (χ3n) is 3.01. The minimum Gasteiger partial charge on any atom is -0.438 e. The molecule has 0 aliphatic heterocycles. The zero-order chi connectivity index (χ0) is 14.7. The van der Waals surface area contributed by atoms with Gasteiger partial charge in [-0.15, -0.1) is 0 Å². The minimum atomic E-state index is 0.338. The number of benzene rings is 1. The summed E-state index contributed by atoms with van der Waals surface area (Å²) in [5.41, 5.74) is 8.94. The summed E-state index contributed by atoms with van der Waals surface area (Å²) in [5, 5.41) is 0. The van der Waals surface area contributed by atoms with Crippen LogP contribution in [0.5, 0.6) is 11.6 Å². The standard InChI is InChI=1S/C16H19BrN2O/c1-10(2)14-7-12(9-18)8-16(19-14)20-15-5-4-11(3)6-13(15)17/h4-8,10H,9,18H2,1-3H3. The first-order chi connectivity index (χ1) is 9.49. The largest absolute Gasteiger partial charge is 0.438 e. The Morgan fingerprint density at radius 1 is 1.25 bits per heavy atom. The highest BCUT2D eigenvalue weighted by Gasteiger charge is 2.09. The number of halogens is 1. The van der Waals surface area contributed by atoms with E-state index >= 15 is 0 Å². The van der Waals surface area contributed by atoms with Crippen molar-refractivity contribution >= 4 is 15.9 Å². The molecule has 0 fully saturated rings. The Kier molecular flexibility index (Phi) is 4.78. The Labute approximate surface area is 128 Å². The van der Waals surface area contributed by atoms with Crippen molar-refractivity contribution in [1.29, 1.82) is 0 Å². The van der Waals surface area contributed by atoms with E-state index in [1.807, 2.05) is 37.3 Å². The van der Waals surface area contributed by atoms with E-state index in [1.54, 1.807) is 0 Å². The van der Waals surface area contributed by atoms with Gasteiger partial charge in [0.15, 0.2) is 0 Å². The Hall–Kier alpha value is -1.39. The Morgan fingerprint density at radius 2 is 2.00 bits per heavy atom. The lowest BCUT2D eigenvalue weighted by molar-refractivity contribution is 0.455. The van der Waals surface area contributed by atoms with E-state index in [9.17, 15) is 0 Å². The number of nitrogens with zero attached hydrogens (tertiary/aromatic N) is 1. The van der Waals surface area contributed by atoms with Gasteiger partial charge in [-0.05, 0) is 58.1 Å². The van der Waals surface area contributed by atoms with Gasteiger partial charge in [0.05, 0.1) is 4.47 Å². The number of hydrogen-bond acceptors (Lipinski definition) is 3. The molecule has 1 aromatic carbocycles. The molecule has 0 saturated carbocycles. The number of rotatable bonds is 4. The molecule has 4 heteroatoms. The van der Waals surface area contributed by atoms with Gasteiger partial charge in [-0.25, -0.2) is 4.98 Å². The van der Waals surface area contributed by atoms with Crippen molar-refractivity contribution in [3.05, 3.63) is 51.6 Å². The van der Waals surface area contributed by atoms with Gasteiger partial charge in [0.2, 0.25) is 5.88 Å². The Balaban J connectivity index is 2.34. The van der Waals surface area contributed by atoms with E-state index in [0.29, 0.717) is 18.3 Å². The second-order valence-corrected chi connectivity index (χ2v) is 5.99. The van der Waals surface area contributed by atoms with Gasteiger partial charge in [-0.1, -0.05) is 19.9 Å². The van der Waals surface area contributed by atoms with E-state index in [2.05, 4.69) is 34.8 Å². The lowest BCUT2D eigenvalue weighted by atomic mass is 10.1. The molecule has 0 aliphatic rings. The quantitative estimate of drug-likeness (QED) is 0.893. The molecule has 2 aromatic rings. The lowest BCUT2D eigenvalue weighted by Crippen LogP contribution is -2.02. The normalized spacial score (nSPS) is 10.9. The Bertz CT molecular complexity index is 611. The van der Waals surface area contributed by atoms with Gasteiger partial charge in [0, 0.05) is 18.3 Å². The van der Waals surface area contributed by atoms with Crippen LogP contribution in [0.4, 0.5) is 0 Å². The number of pyridine rings is 1. The van der Waals surface area contributed by atoms with Crippen LogP contribution in [-0.2, 0) is 6.54 Å². The average molecular weight is 335 g/mol. The summed E-state index contributed by atoms with van der Waals surface area (Å²) in [6.07, 6.45) is 0. The maximum Gasteiger partial charge on any atom is 0.219 e. The molecule has 0 saturated heterocycles. The van der Waals surface area contributed by atoms with E-state index in [1.165, 1.54) is 5.56 Å². The molecule has 0 radical (unpaired) electrons. The molecule has 0 unspecified atom stereocenters. The van der Waals surface area contributed by atoms with E-state index in [0.717, 1.165) is 21.5 Å². The van der Waals surface area contributed by atoms with Crippen LogP contribution in [0.1, 0.15) is 36.6 Å². The van der Waals surface area contributed by atoms with Crippen LogP contribution < -0.4 is 10.5 Å². The van der Waals surface area contributed by atoms with Crippen LogP contribution in [0.2, 0.25) is 0 Å². The second kappa shape index (κ2) is 6.37. The molecular weight excluding hydrogens is 316 g/mol. The molecule has 0 aliphatic carbocycles. The number of hydrogen-bond donors (Lipinski definition) is 1. The summed E-state index contributed by atoms with van der Waals surface area (Å²) in [6, 6.07) is 9.88. The van der Waals surface area contributed by atoms with Crippen LogP contribution in [0.3, 0.4) is 0 Å². The highest BCUT2D eigenvalue weighted by atomic mass is 79.9. The van der Waals surface area contributed by atoms with Gasteiger partial charge in [-0.2, -0.15) is 0 Å². The third-order valence-corrected chi connectivity index (χ3v) is 3.63. The number of ether oxygens (including phenoxy) is 1. The molecule has 1 heterocycles. The van der Waals surface area contributed by atoms with Gasteiger partial charge in [-0.3, -0.25) is 0 Å². The fourth-order valence-corrected chi connectivity index (χ4v) is 2.42. The summed E-state index contributed by atoms with van der Waals surface area (Å²) >= 11 is 3.51. The SMILES string of the molecule is Cc1ccc(Oc2cc(CN)cc(C(C)C)n2)c(Br)c1. The zero-order valence-electron chi connectivity index (χ0n) is 12.0. The van der Waals surface area contributed by atoms with Crippen LogP contribution in [0, 0.1) is 6.92 Å². The minimum absolute atomic E-state index is 0.338. The first-order valence-corrected chi connectivity index (χ1v) is 7.44. The smallest absolute Gasteiger partial charge is 0.219 e. The van der Waals surface area contributed by atoms with Crippen molar-refractivity contribution in [1.82, 2.24) is 4.98 Å². The Morgan fingerprint density at radius 3 is 2.60 bits per heavy atom. The second-order valence-electron chi connectivity index (χ2n) is 5.13. The monoisotopic (exact) mass is 334 g/mol. The topological polar surface area (TPSA) is 48.1 Å². The predicted octanol–water partition coefficient (Wildman–Crippen LogP) is 4.53.